The zero-order chi connectivity index (χ0) is 27.4. The van der Waals surface area contributed by atoms with E-state index in [0.29, 0.717) is 43.4 Å². The minimum absolute atomic E-state index is 0.0729. The number of hydrogen-bond donors (Lipinski definition) is 1. The number of rotatable bonds is 8. The SMILES string of the molecule is COc1cc(/C=C2\SC(=O)N(Cc3ccc(Cl)c(Cl)c3)C2=O)ccc1OCC(=O)Nc1ccc(Br)c(Cl)c1. The summed E-state index contributed by atoms with van der Waals surface area (Å²) in [6, 6.07) is 14.9. The Balaban J connectivity index is 1.42. The van der Waals surface area contributed by atoms with Crippen LogP contribution in [-0.2, 0) is 16.1 Å². The van der Waals surface area contributed by atoms with Gasteiger partial charge in [-0.15, -0.1) is 0 Å². The summed E-state index contributed by atoms with van der Waals surface area (Å²) < 4.78 is 11.7. The smallest absolute Gasteiger partial charge is 0.293 e. The fraction of sp³-hybridized carbons (Fsp3) is 0.115. The molecule has 1 saturated heterocycles. The number of nitrogens with one attached hydrogen (secondary N) is 1. The molecule has 38 heavy (non-hydrogen) atoms. The molecule has 1 N–H and O–H groups in total. The maximum absolute atomic E-state index is 12.9. The molecular weight excluding hydrogens is 639 g/mol. The van der Waals surface area contributed by atoms with Crippen LogP contribution in [0, 0.1) is 0 Å². The Labute approximate surface area is 246 Å². The van der Waals surface area contributed by atoms with Crippen molar-refractivity contribution in [3.8, 4) is 11.5 Å². The Kier molecular flexibility index (Phi) is 9.27. The largest absolute Gasteiger partial charge is 0.493 e. The summed E-state index contributed by atoms with van der Waals surface area (Å²) in [7, 11) is 1.46. The minimum atomic E-state index is -0.421. The van der Waals surface area contributed by atoms with Crippen LogP contribution < -0.4 is 14.8 Å². The number of hydrogen-bond acceptors (Lipinski definition) is 6. The molecule has 4 rings (SSSR count). The molecule has 0 saturated carbocycles. The number of imide groups is 1. The van der Waals surface area contributed by atoms with Crippen molar-refractivity contribution in [2.24, 2.45) is 0 Å². The van der Waals surface area contributed by atoms with Gasteiger partial charge >= 0.3 is 0 Å². The van der Waals surface area contributed by atoms with Gasteiger partial charge in [0.2, 0.25) is 0 Å². The van der Waals surface area contributed by atoms with Gasteiger partial charge in [-0.05, 0) is 87.4 Å². The molecule has 0 aromatic heterocycles. The van der Waals surface area contributed by atoms with Crippen LogP contribution in [0.25, 0.3) is 6.08 Å². The van der Waals surface area contributed by atoms with Gasteiger partial charge in [0.25, 0.3) is 17.1 Å². The highest BCUT2D eigenvalue weighted by Gasteiger charge is 2.35. The van der Waals surface area contributed by atoms with Crippen LogP contribution >= 0.6 is 62.5 Å². The van der Waals surface area contributed by atoms with Crippen molar-refractivity contribution in [3.63, 3.8) is 0 Å². The van der Waals surface area contributed by atoms with Crippen molar-refractivity contribution in [1.29, 1.82) is 0 Å². The summed E-state index contributed by atoms with van der Waals surface area (Å²) in [5.41, 5.74) is 1.82. The predicted molar refractivity (Wildman–Crippen MR) is 154 cm³/mol. The first kappa shape index (κ1) is 28.3. The first-order valence-corrected chi connectivity index (χ1v) is 13.6. The normalized spacial score (nSPS) is 14.2. The molecule has 0 aliphatic carbocycles. The van der Waals surface area contributed by atoms with Gasteiger partial charge in [0.1, 0.15) is 0 Å². The van der Waals surface area contributed by atoms with E-state index in [1.54, 1.807) is 60.7 Å². The van der Waals surface area contributed by atoms with Crippen LogP contribution in [0.5, 0.6) is 11.5 Å². The fourth-order valence-corrected chi connectivity index (χ4v) is 5.00. The summed E-state index contributed by atoms with van der Waals surface area (Å²) in [6.45, 7) is -0.194. The fourth-order valence-electron chi connectivity index (χ4n) is 3.42. The van der Waals surface area contributed by atoms with Crippen molar-refractivity contribution in [2.75, 3.05) is 19.0 Å². The van der Waals surface area contributed by atoms with Gasteiger partial charge in [-0.25, -0.2) is 0 Å². The first-order valence-electron chi connectivity index (χ1n) is 10.9. The molecule has 196 valence electrons. The summed E-state index contributed by atoms with van der Waals surface area (Å²) in [5, 5.41) is 3.51. The Bertz CT molecular complexity index is 1470. The van der Waals surface area contributed by atoms with Crippen molar-refractivity contribution < 1.29 is 23.9 Å². The molecule has 1 aliphatic rings. The second-order valence-corrected chi connectivity index (χ2v) is 11.0. The second-order valence-electron chi connectivity index (χ2n) is 7.89. The van der Waals surface area contributed by atoms with Crippen molar-refractivity contribution >= 4 is 91.3 Å². The van der Waals surface area contributed by atoms with Gasteiger partial charge in [0, 0.05) is 10.2 Å². The van der Waals surface area contributed by atoms with Crippen LogP contribution in [-0.4, -0.2) is 35.7 Å². The van der Waals surface area contributed by atoms with Crippen LogP contribution in [0.1, 0.15) is 11.1 Å². The van der Waals surface area contributed by atoms with E-state index >= 15 is 0 Å². The lowest BCUT2D eigenvalue weighted by Gasteiger charge is -2.13. The molecule has 0 atom stereocenters. The molecule has 0 unspecified atom stereocenters. The topological polar surface area (TPSA) is 84.9 Å². The summed E-state index contributed by atoms with van der Waals surface area (Å²) >= 11 is 22.2. The zero-order valence-electron chi connectivity index (χ0n) is 19.6. The number of benzene rings is 3. The average Bonchev–Trinajstić information content (AvgIpc) is 3.14. The molecule has 3 amide bonds. The van der Waals surface area contributed by atoms with E-state index in [-0.39, 0.29) is 24.0 Å². The van der Waals surface area contributed by atoms with Crippen LogP contribution in [0.15, 0.2) is 64.0 Å². The number of ether oxygens (including phenoxy) is 2. The van der Waals surface area contributed by atoms with E-state index < -0.39 is 11.1 Å². The van der Waals surface area contributed by atoms with Crippen LogP contribution in [0.2, 0.25) is 15.1 Å². The number of anilines is 1. The highest BCUT2D eigenvalue weighted by molar-refractivity contribution is 9.10. The standard InChI is InChI=1S/C26H18BrCl3N2O5S/c1-36-22-9-14(3-7-21(22)37-13-24(33)31-16-4-5-17(27)19(29)11-16)10-23-25(34)32(26(35)38-23)12-15-2-6-18(28)20(30)8-15/h2-11H,12-13H2,1H3,(H,31,33)/b23-10-. The lowest BCUT2D eigenvalue weighted by Crippen LogP contribution is -2.27. The quantitative estimate of drug-likeness (QED) is 0.251. The van der Waals surface area contributed by atoms with E-state index in [0.717, 1.165) is 21.1 Å². The molecule has 0 bridgehead atoms. The molecule has 1 heterocycles. The Morgan fingerprint density at radius 1 is 1.00 bits per heavy atom. The highest BCUT2D eigenvalue weighted by atomic mass is 79.9. The number of carbonyl (C=O) groups is 3. The van der Waals surface area contributed by atoms with E-state index in [1.165, 1.54) is 7.11 Å². The lowest BCUT2D eigenvalue weighted by atomic mass is 10.1. The molecule has 7 nitrogen and oxygen atoms in total. The van der Waals surface area contributed by atoms with E-state index in [1.807, 2.05) is 0 Å². The highest BCUT2D eigenvalue weighted by Crippen LogP contribution is 2.36. The molecule has 0 spiro atoms. The van der Waals surface area contributed by atoms with Crippen molar-refractivity contribution in [3.05, 3.63) is 90.2 Å². The van der Waals surface area contributed by atoms with Crippen LogP contribution in [0.4, 0.5) is 10.5 Å². The van der Waals surface area contributed by atoms with E-state index in [9.17, 15) is 14.4 Å². The zero-order valence-corrected chi connectivity index (χ0v) is 24.3. The molecule has 0 radical (unpaired) electrons. The Morgan fingerprint density at radius 3 is 2.50 bits per heavy atom. The van der Waals surface area contributed by atoms with Gasteiger partial charge in [0.05, 0.1) is 33.6 Å². The molecule has 3 aromatic rings. The predicted octanol–water partition coefficient (Wildman–Crippen LogP) is 7.67. The Hall–Kier alpha value is -2.69. The Morgan fingerprint density at radius 2 is 1.79 bits per heavy atom. The van der Waals surface area contributed by atoms with Gasteiger partial charge in [-0.2, -0.15) is 0 Å². The molecule has 1 aliphatic heterocycles. The number of amides is 3. The number of carbonyl (C=O) groups excluding carboxylic acids is 3. The number of nitrogens with zero attached hydrogens (tertiary/aromatic N) is 1. The maximum atomic E-state index is 12.9. The lowest BCUT2D eigenvalue weighted by molar-refractivity contribution is -0.123. The van der Waals surface area contributed by atoms with Gasteiger partial charge in [-0.3, -0.25) is 19.3 Å². The van der Waals surface area contributed by atoms with Gasteiger partial charge in [0.15, 0.2) is 18.1 Å². The molecule has 1 fully saturated rings. The van der Waals surface area contributed by atoms with E-state index in [2.05, 4.69) is 21.2 Å². The first-order chi connectivity index (χ1) is 18.1. The molecule has 3 aromatic carbocycles. The summed E-state index contributed by atoms with van der Waals surface area (Å²) in [4.78, 5) is 39.1. The number of methoxy groups -OCH3 is 1. The average molecular weight is 657 g/mol. The van der Waals surface area contributed by atoms with Crippen molar-refractivity contribution in [2.45, 2.75) is 6.54 Å². The minimum Gasteiger partial charge on any atom is -0.493 e. The maximum Gasteiger partial charge on any atom is 0.293 e. The van der Waals surface area contributed by atoms with E-state index in [4.69, 9.17) is 44.3 Å². The molecule has 12 heteroatoms. The van der Waals surface area contributed by atoms with Gasteiger partial charge < -0.3 is 14.8 Å². The van der Waals surface area contributed by atoms with Gasteiger partial charge in [-0.1, -0.05) is 46.9 Å². The number of thioether (sulfide) groups is 1. The van der Waals surface area contributed by atoms with Crippen molar-refractivity contribution in [1.82, 2.24) is 4.90 Å². The third-order valence-electron chi connectivity index (χ3n) is 5.25. The third-order valence-corrected chi connectivity index (χ3v) is 8.12. The number of halogens is 4. The summed E-state index contributed by atoms with van der Waals surface area (Å²) in [5.74, 6) is -0.116. The second kappa shape index (κ2) is 12.4. The molecular formula is C26H18BrCl3N2O5S. The monoisotopic (exact) mass is 654 g/mol. The summed E-state index contributed by atoms with van der Waals surface area (Å²) in [6.07, 6.45) is 1.59. The third kappa shape index (κ3) is 6.84. The van der Waals surface area contributed by atoms with Crippen LogP contribution in [0.3, 0.4) is 0 Å².